The molecule has 1 atom stereocenters. The largest absolute Gasteiger partial charge is 0.497 e. The molecule has 1 unspecified atom stereocenters. The van der Waals surface area contributed by atoms with E-state index in [1.54, 1.807) is 31.4 Å². The van der Waals surface area contributed by atoms with Crippen molar-refractivity contribution in [3.05, 3.63) is 83.4 Å². The van der Waals surface area contributed by atoms with Crippen molar-refractivity contribution in [1.82, 2.24) is 0 Å². The van der Waals surface area contributed by atoms with Crippen molar-refractivity contribution in [2.75, 3.05) is 18.8 Å². The quantitative estimate of drug-likeness (QED) is 0.584. The molecule has 1 aliphatic rings. The molecule has 0 fully saturated rings. The zero-order valence-electron chi connectivity index (χ0n) is 17.6. The van der Waals surface area contributed by atoms with Crippen LogP contribution in [0, 0.1) is 6.92 Å². The third kappa shape index (κ3) is 4.72. The van der Waals surface area contributed by atoms with E-state index in [0.717, 1.165) is 33.9 Å². The molecule has 3 aromatic rings. The number of fused-ring (bicyclic) bond motifs is 1. The number of ether oxygens (including phenoxy) is 2. The van der Waals surface area contributed by atoms with Crippen LogP contribution in [0.3, 0.4) is 0 Å². The van der Waals surface area contributed by atoms with Crippen LogP contribution >= 0.6 is 0 Å². The summed E-state index contributed by atoms with van der Waals surface area (Å²) < 4.78 is 34.8. The molecule has 4 rings (SSSR count). The highest BCUT2D eigenvalue weighted by Gasteiger charge is 2.26. The molecule has 0 aromatic heterocycles. The molecule has 0 spiro atoms. The van der Waals surface area contributed by atoms with Gasteiger partial charge in [-0.25, -0.2) is 8.42 Å². The van der Waals surface area contributed by atoms with E-state index in [0.29, 0.717) is 12.1 Å². The van der Waals surface area contributed by atoms with Gasteiger partial charge in [-0.2, -0.15) is 5.10 Å². The Morgan fingerprint density at radius 1 is 1.03 bits per heavy atom. The summed E-state index contributed by atoms with van der Waals surface area (Å²) in [6, 6.07) is 20.4. The van der Waals surface area contributed by atoms with Crippen LogP contribution in [0.15, 0.2) is 76.7 Å². The van der Waals surface area contributed by atoms with E-state index < -0.39 is 9.84 Å². The number of rotatable bonds is 5. The highest BCUT2D eigenvalue weighted by atomic mass is 32.2. The molecule has 1 N–H and O–H groups in total. The topological polar surface area (TPSA) is 77.0 Å². The fourth-order valence-electron chi connectivity index (χ4n) is 3.47. The molecule has 0 amide bonds. The van der Waals surface area contributed by atoms with Crippen molar-refractivity contribution in [2.24, 2.45) is 5.10 Å². The van der Waals surface area contributed by atoms with Crippen LogP contribution in [0.1, 0.15) is 29.2 Å². The second-order valence-electron chi connectivity index (χ2n) is 7.55. The van der Waals surface area contributed by atoms with Crippen molar-refractivity contribution in [1.29, 1.82) is 0 Å². The van der Waals surface area contributed by atoms with E-state index in [4.69, 9.17) is 9.47 Å². The van der Waals surface area contributed by atoms with Crippen molar-refractivity contribution in [3.8, 4) is 11.5 Å². The third-order valence-corrected chi connectivity index (χ3v) is 6.31. The van der Waals surface area contributed by atoms with E-state index in [2.05, 4.69) is 16.6 Å². The summed E-state index contributed by atoms with van der Waals surface area (Å²) in [6.45, 7) is 2.03. The molecule has 6 nitrogen and oxygen atoms in total. The molecule has 3 aromatic carbocycles. The van der Waals surface area contributed by atoms with Gasteiger partial charge in [0.25, 0.3) is 0 Å². The van der Waals surface area contributed by atoms with Gasteiger partial charge in [-0.3, -0.25) is 5.43 Å². The fraction of sp³-hybridized carbons (Fsp3) is 0.208. The van der Waals surface area contributed by atoms with Gasteiger partial charge in [-0.1, -0.05) is 23.8 Å². The average molecular weight is 437 g/mol. The van der Waals surface area contributed by atoms with Gasteiger partial charge < -0.3 is 9.47 Å². The predicted molar refractivity (Wildman–Crippen MR) is 122 cm³/mol. The number of hydrogen-bond donors (Lipinski definition) is 1. The minimum Gasteiger partial charge on any atom is -0.497 e. The summed E-state index contributed by atoms with van der Waals surface area (Å²) in [5.74, 6) is 1.58. The average Bonchev–Trinajstić information content (AvgIpc) is 2.77. The minimum atomic E-state index is -3.23. The van der Waals surface area contributed by atoms with E-state index >= 15 is 0 Å². The Bertz CT molecular complexity index is 1220. The van der Waals surface area contributed by atoms with E-state index in [1.807, 2.05) is 43.3 Å². The maximum absolute atomic E-state index is 11.7. The summed E-state index contributed by atoms with van der Waals surface area (Å²) in [5, 5.41) is 4.65. The Labute approximate surface area is 182 Å². The molecule has 31 heavy (non-hydrogen) atoms. The van der Waals surface area contributed by atoms with Crippen LogP contribution < -0.4 is 14.9 Å². The minimum absolute atomic E-state index is 0.172. The SMILES string of the molecule is COc1ccc(C2CC(=NNc3ccc(S(C)(=O)=O)cc3)c3cc(C)ccc3O2)cc1. The first-order chi connectivity index (χ1) is 14.8. The molecule has 1 heterocycles. The second-order valence-corrected chi connectivity index (χ2v) is 9.57. The highest BCUT2D eigenvalue weighted by molar-refractivity contribution is 7.90. The number of anilines is 1. The molecule has 0 saturated heterocycles. The Morgan fingerprint density at radius 3 is 2.39 bits per heavy atom. The van der Waals surface area contributed by atoms with Gasteiger partial charge in [-0.05, 0) is 61.0 Å². The monoisotopic (exact) mass is 436 g/mol. The van der Waals surface area contributed by atoms with E-state index in [9.17, 15) is 8.42 Å². The lowest BCUT2D eigenvalue weighted by atomic mass is 9.94. The van der Waals surface area contributed by atoms with Crippen LogP contribution in [0.25, 0.3) is 0 Å². The Morgan fingerprint density at radius 2 is 1.74 bits per heavy atom. The summed E-state index contributed by atoms with van der Waals surface area (Å²) in [4.78, 5) is 0.275. The first kappa shape index (κ1) is 20.9. The van der Waals surface area contributed by atoms with Gasteiger partial charge in [0.2, 0.25) is 0 Å². The maximum Gasteiger partial charge on any atom is 0.175 e. The summed E-state index contributed by atoms with van der Waals surface area (Å²) in [6.07, 6.45) is 1.61. The normalized spacial score (nSPS) is 17.0. The number of nitrogens with one attached hydrogen (secondary N) is 1. The Kier molecular flexibility index (Phi) is 5.69. The standard InChI is InChI=1S/C24H24N2O4S/c1-16-4-13-23-21(14-16)22(15-24(30-23)17-5-9-19(29-2)10-6-17)26-25-18-7-11-20(12-8-18)31(3,27)28/h4-14,24-25H,15H2,1-3H3. The number of hydrogen-bond acceptors (Lipinski definition) is 6. The van der Waals surface area contributed by atoms with Crippen LogP contribution in [0.4, 0.5) is 5.69 Å². The van der Waals surface area contributed by atoms with Crippen LogP contribution in [-0.2, 0) is 9.84 Å². The van der Waals surface area contributed by atoms with Gasteiger partial charge in [-0.15, -0.1) is 0 Å². The number of aryl methyl sites for hydroxylation is 1. The third-order valence-electron chi connectivity index (χ3n) is 5.18. The molecule has 0 radical (unpaired) electrons. The van der Waals surface area contributed by atoms with Gasteiger partial charge in [0.05, 0.1) is 23.4 Å². The molecular weight excluding hydrogens is 412 g/mol. The molecule has 0 bridgehead atoms. The number of nitrogens with zero attached hydrogens (tertiary/aromatic N) is 1. The molecule has 160 valence electrons. The van der Waals surface area contributed by atoms with Crippen molar-refractivity contribution < 1.29 is 17.9 Å². The number of benzene rings is 3. The fourth-order valence-corrected chi connectivity index (χ4v) is 4.10. The second kappa shape index (κ2) is 8.43. The molecular formula is C24H24N2O4S. The van der Waals surface area contributed by atoms with Crippen molar-refractivity contribution in [3.63, 3.8) is 0 Å². The zero-order valence-corrected chi connectivity index (χ0v) is 18.4. The molecule has 0 saturated carbocycles. The predicted octanol–water partition coefficient (Wildman–Crippen LogP) is 4.75. The highest BCUT2D eigenvalue weighted by Crippen LogP contribution is 2.36. The van der Waals surface area contributed by atoms with Crippen molar-refractivity contribution in [2.45, 2.75) is 24.3 Å². The van der Waals surface area contributed by atoms with Crippen LogP contribution in [0.5, 0.6) is 11.5 Å². The molecule has 0 aliphatic carbocycles. The lowest BCUT2D eigenvalue weighted by Gasteiger charge is -2.28. The summed E-state index contributed by atoms with van der Waals surface area (Å²) in [5.41, 5.74) is 7.75. The van der Waals surface area contributed by atoms with Gasteiger partial charge in [0.1, 0.15) is 17.6 Å². The smallest absolute Gasteiger partial charge is 0.175 e. The summed E-state index contributed by atoms with van der Waals surface area (Å²) >= 11 is 0. The number of methoxy groups -OCH3 is 1. The van der Waals surface area contributed by atoms with Gasteiger partial charge in [0, 0.05) is 18.2 Å². The Hall–Kier alpha value is -3.32. The van der Waals surface area contributed by atoms with E-state index in [-0.39, 0.29) is 11.0 Å². The summed E-state index contributed by atoms with van der Waals surface area (Å²) in [7, 11) is -1.59. The van der Waals surface area contributed by atoms with Gasteiger partial charge >= 0.3 is 0 Å². The number of sulfone groups is 1. The molecule has 1 aliphatic heterocycles. The zero-order chi connectivity index (χ0) is 22.0. The van der Waals surface area contributed by atoms with Crippen LogP contribution in [-0.4, -0.2) is 27.5 Å². The first-order valence-electron chi connectivity index (χ1n) is 9.88. The lowest BCUT2D eigenvalue weighted by Crippen LogP contribution is -2.22. The number of hydrazone groups is 1. The van der Waals surface area contributed by atoms with E-state index in [1.165, 1.54) is 6.26 Å². The van der Waals surface area contributed by atoms with Crippen molar-refractivity contribution >= 4 is 21.2 Å². The lowest BCUT2D eigenvalue weighted by molar-refractivity contribution is 0.206. The van der Waals surface area contributed by atoms with Crippen LogP contribution in [0.2, 0.25) is 0 Å². The first-order valence-corrected chi connectivity index (χ1v) is 11.8. The maximum atomic E-state index is 11.7. The van der Waals surface area contributed by atoms with Gasteiger partial charge in [0.15, 0.2) is 9.84 Å². The Balaban J connectivity index is 1.63. The molecule has 7 heteroatoms.